The topological polar surface area (TPSA) is 49.4 Å². The van der Waals surface area contributed by atoms with E-state index in [0.29, 0.717) is 12.2 Å². The second-order valence-corrected chi connectivity index (χ2v) is 5.77. The maximum Gasteiger partial charge on any atom is 0.229 e. The minimum absolute atomic E-state index is 0.0591. The van der Waals surface area contributed by atoms with Gasteiger partial charge in [0.15, 0.2) is 0 Å². The van der Waals surface area contributed by atoms with Crippen molar-refractivity contribution in [1.82, 2.24) is 0 Å². The summed E-state index contributed by atoms with van der Waals surface area (Å²) in [5, 5.41) is 2.62. The highest BCUT2D eigenvalue weighted by molar-refractivity contribution is 6.31. The molecular formula is C17H14ClFN2O2. The summed E-state index contributed by atoms with van der Waals surface area (Å²) >= 11 is 5.69. The van der Waals surface area contributed by atoms with Crippen LogP contribution >= 0.6 is 11.6 Å². The molecule has 2 aromatic carbocycles. The Hall–Kier alpha value is -2.40. The molecule has 0 spiro atoms. The summed E-state index contributed by atoms with van der Waals surface area (Å²) in [6.45, 7) is 0.323. The number of nitrogens with zero attached hydrogens (tertiary/aromatic N) is 1. The number of hydrogen-bond acceptors (Lipinski definition) is 2. The van der Waals surface area contributed by atoms with Crippen LogP contribution in [0.4, 0.5) is 15.8 Å². The van der Waals surface area contributed by atoms with E-state index in [0.717, 1.165) is 5.69 Å². The van der Waals surface area contributed by atoms with Crippen LogP contribution in [0.3, 0.4) is 0 Å². The van der Waals surface area contributed by atoms with Gasteiger partial charge in [0.1, 0.15) is 5.82 Å². The van der Waals surface area contributed by atoms with E-state index in [2.05, 4.69) is 5.32 Å². The Labute approximate surface area is 137 Å². The van der Waals surface area contributed by atoms with Gasteiger partial charge in [-0.25, -0.2) is 4.39 Å². The molecule has 1 aliphatic rings. The first-order valence-corrected chi connectivity index (χ1v) is 7.54. The number of rotatable bonds is 3. The van der Waals surface area contributed by atoms with E-state index in [4.69, 9.17) is 11.6 Å². The fourth-order valence-electron chi connectivity index (χ4n) is 2.56. The van der Waals surface area contributed by atoms with Gasteiger partial charge in [-0.15, -0.1) is 0 Å². The maximum absolute atomic E-state index is 13.1. The van der Waals surface area contributed by atoms with Crippen molar-refractivity contribution in [3.8, 4) is 0 Å². The lowest BCUT2D eigenvalue weighted by molar-refractivity contribution is -0.122. The van der Waals surface area contributed by atoms with E-state index >= 15 is 0 Å². The smallest absolute Gasteiger partial charge is 0.229 e. The first kappa shape index (κ1) is 15.5. The zero-order valence-electron chi connectivity index (χ0n) is 12.1. The van der Waals surface area contributed by atoms with Gasteiger partial charge < -0.3 is 10.2 Å². The standard InChI is InChI=1S/C17H14ClFN2O2/c18-14-9-12(6-7-15(14)19)20-17(23)11-8-16(22)21(10-11)13-4-2-1-3-5-13/h1-7,9,11H,8,10H2,(H,20,23). The number of halogens is 2. The van der Waals surface area contributed by atoms with Crippen LogP contribution in [0.2, 0.25) is 5.02 Å². The molecule has 1 N–H and O–H groups in total. The molecule has 4 nitrogen and oxygen atoms in total. The molecule has 0 bridgehead atoms. The van der Waals surface area contributed by atoms with Crippen LogP contribution in [0, 0.1) is 11.7 Å². The highest BCUT2D eigenvalue weighted by Gasteiger charge is 2.35. The predicted octanol–water partition coefficient (Wildman–Crippen LogP) is 3.47. The lowest BCUT2D eigenvalue weighted by Gasteiger charge is -2.16. The largest absolute Gasteiger partial charge is 0.326 e. The normalized spacial score (nSPS) is 17.4. The molecule has 3 rings (SSSR count). The van der Waals surface area contributed by atoms with Crippen molar-refractivity contribution in [3.63, 3.8) is 0 Å². The molecule has 0 radical (unpaired) electrons. The summed E-state index contributed by atoms with van der Waals surface area (Å²) in [6, 6.07) is 13.2. The number of benzene rings is 2. The zero-order valence-corrected chi connectivity index (χ0v) is 12.9. The molecule has 1 fully saturated rings. The Balaban J connectivity index is 1.69. The second-order valence-electron chi connectivity index (χ2n) is 5.36. The van der Waals surface area contributed by atoms with Crippen molar-refractivity contribution in [2.24, 2.45) is 5.92 Å². The summed E-state index contributed by atoms with van der Waals surface area (Å²) in [7, 11) is 0. The number of hydrogen-bond donors (Lipinski definition) is 1. The second kappa shape index (κ2) is 6.38. The number of amides is 2. The van der Waals surface area contributed by atoms with Gasteiger partial charge in [-0.1, -0.05) is 29.8 Å². The molecule has 0 aliphatic carbocycles. The minimum Gasteiger partial charge on any atom is -0.326 e. The Morgan fingerprint density at radius 2 is 1.96 bits per heavy atom. The third-order valence-corrected chi connectivity index (χ3v) is 4.04. The molecule has 1 atom stereocenters. The Kier molecular flexibility index (Phi) is 4.30. The van der Waals surface area contributed by atoms with E-state index in [1.165, 1.54) is 18.2 Å². The molecule has 1 unspecified atom stereocenters. The quantitative estimate of drug-likeness (QED) is 0.935. The van der Waals surface area contributed by atoms with Crippen molar-refractivity contribution < 1.29 is 14.0 Å². The maximum atomic E-state index is 13.1. The van der Waals surface area contributed by atoms with E-state index in [1.807, 2.05) is 30.3 Å². The summed E-state index contributed by atoms with van der Waals surface area (Å²) in [4.78, 5) is 26.0. The van der Waals surface area contributed by atoms with E-state index in [-0.39, 0.29) is 23.3 Å². The van der Waals surface area contributed by atoms with Gasteiger partial charge in [0.05, 0.1) is 10.9 Å². The van der Waals surface area contributed by atoms with Crippen LogP contribution in [0.15, 0.2) is 48.5 Å². The Morgan fingerprint density at radius 1 is 1.22 bits per heavy atom. The van der Waals surface area contributed by atoms with Crippen molar-refractivity contribution in [2.45, 2.75) is 6.42 Å². The van der Waals surface area contributed by atoms with Gasteiger partial charge in [0, 0.05) is 24.3 Å². The SMILES string of the molecule is O=C(Nc1ccc(F)c(Cl)c1)C1CC(=O)N(c2ccccc2)C1. The highest BCUT2D eigenvalue weighted by Crippen LogP contribution is 2.26. The van der Waals surface area contributed by atoms with Crippen molar-refractivity contribution >= 4 is 34.8 Å². The molecule has 118 valence electrons. The summed E-state index contributed by atoms with van der Waals surface area (Å²) in [5.41, 5.74) is 1.18. The molecule has 0 aromatic heterocycles. The molecule has 23 heavy (non-hydrogen) atoms. The van der Waals surface area contributed by atoms with Crippen molar-refractivity contribution in [3.05, 3.63) is 59.4 Å². The van der Waals surface area contributed by atoms with Gasteiger partial charge in [-0.05, 0) is 30.3 Å². The number of anilines is 2. The van der Waals surface area contributed by atoms with Crippen LogP contribution < -0.4 is 10.2 Å². The molecule has 1 heterocycles. The van der Waals surface area contributed by atoms with Crippen LogP contribution in [-0.4, -0.2) is 18.4 Å². The minimum atomic E-state index is -0.545. The summed E-state index contributed by atoms with van der Waals surface area (Å²) in [6.07, 6.45) is 0.148. The van der Waals surface area contributed by atoms with Gasteiger partial charge in [0.2, 0.25) is 11.8 Å². The van der Waals surface area contributed by atoms with Gasteiger partial charge in [0.25, 0.3) is 0 Å². The lowest BCUT2D eigenvalue weighted by Crippen LogP contribution is -2.28. The van der Waals surface area contributed by atoms with Crippen molar-refractivity contribution in [2.75, 3.05) is 16.8 Å². The molecule has 6 heteroatoms. The van der Waals surface area contributed by atoms with Crippen LogP contribution in [0.1, 0.15) is 6.42 Å². The Morgan fingerprint density at radius 3 is 2.65 bits per heavy atom. The van der Waals surface area contributed by atoms with Crippen LogP contribution in [0.25, 0.3) is 0 Å². The van der Waals surface area contributed by atoms with Gasteiger partial charge in [-0.2, -0.15) is 0 Å². The number of para-hydroxylation sites is 1. The molecule has 0 saturated carbocycles. The molecular weight excluding hydrogens is 319 g/mol. The third kappa shape index (κ3) is 3.35. The lowest BCUT2D eigenvalue weighted by atomic mass is 10.1. The summed E-state index contributed by atoms with van der Waals surface area (Å²) in [5.74, 6) is -1.37. The summed E-state index contributed by atoms with van der Waals surface area (Å²) < 4.78 is 13.1. The third-order valence-electron chi connectivity index (χ3n) is 3.75. The predicted molar refractivity (Wildman–Crippen MR) is 86.9 cm³/mol. The number of nitrogens with one attached hydrogen (secondary N) is 1. The molecule has 2 amide bonds. The number of carbonyl (C=O) groups excluding carboxylic acids is 2. The Bertz CT molecular complexity index is 752. The fourth-order valence-corrected chi connectivity index (χ4v) is 2.74. The van der Waals surface area contributed by atoms with Crippen LogP contribution in [-0.2, 0) is 9.59 Å². The van der Waals surface area contributed by atoms with E-state index in [1.54, 1.807) is 4.90 Å². The van der Waals surface area contributed by atoms with Gasteiger partial charge in [-0.3, -0.25) is 9.59 Å². The average Bonchev–Trinajstić information content (AvgIpc) is 2.94. The van der Waals surface area contributed by atoms with E-state index in [9.17, 15) is 14.0 Å². The first-order chi connectivity index (χ1) is 11.0. The van der Waals surface area contributed by atoms with Crippen molar-refractivity contribution in [1.29, 1.82) is 0 Å². The molecule has 2 aromatic rings. The highest BCUT2D eigenvalue weighted by atomic mass is 35.5. The average molecular weight is 333 g/mol. The monoisotopic (exact) mass is 332 g/mol. The number of carbonyl (C=O) groups is 2. The fraction of sp³-hybridized carbons (Fsp3) is 0.176. The zero-order chi connectivity index (χ0) is 16.4. The molecule has 1 aliphatic heterocycles. The first-order valence-electron chi connectivity index (χ1n) is 7.16. The molecule has 1 saturated heterocycles. The van der Waals surface area contributed by atoms with E-state index < -0.39 is 11.7 Å². The van der Waals surface area contributed by atoms with Gasteiger partial charge >= 0.3 is 0 Å². The van der Waals surface area contributed by atoms with Crippen LogP contribution in [0.5, 0.6) is 0 Å².